The molecule has 2 N–H and O–H groups in total. The van der Waals surface area contributed by atoms with Gasteiger partial charge < -0.3 is 19.9 Å². The number of carbonyl (C=O) groups is 1. The quantitative estimate of drug-likeness (QED) is 0.720. The first-order chi connectivity index (χ1) is 8.27. The van der Waals surface area contributed by atoms with Crippen LogP contribution in [0.4, 0.5) is 0 Å². The molecule has 0 aromatic heterocycles. The first-order valence-electron chi connectivity index (χ1n) is 6.30. The summed E-state index contributed by atoms with van der Waals surface area (Å²) < 4.78 is 15.9. The summed E-state index contributed by atoms with van der Waals surface area (Å²) in [4.78, 5) is 12.1. The predicted octanol–water partition coefficient (Wildman–Crippen LogP) is 0.322. The lowest BCUT2D eigenvalue weighted by molar-refractivity contribution is -0.162. The molecule has 17 heavy (non-hydrogen) atoms. The minimum atomic E-state index is -0.516. The van der Waals surface area contributed by atoms with E-state index in [4.69, 9.17) is 19.9 Å². The van der Waals surface area contributed by atoms with Crippen molar-refractivity contribution in [3.63, 3.8) is 0 Å². The number of nitrogens with two attached hydrogens (primary N) is 1. The molecule has 0 aromatic rings. The highest BCUT2D eigenvalue weighted by molar-refractivity contribution is 5.77. The number of esters is 1. The maximum atomic E-state index is 12.1. The van der Waals surface area contributed by atoms with Gasteiger partial charge in [0.25, 0.3) is 0 Å². The molecular formula is C12H21NO4. The zero-order valence-electron chi connectivity index (χ0n) is 10.2. The lowest BCUT2D eigenvalue weighted by atomic mass is 9.80. The van der Waals surface area contributed by atoms with Crippen LogP contribution in [0.5, 0.6) is 0 Å². The third kappa shape index (κ3) is 2.97. The van der Waals surface area contributed by atoms with Crippen molar-refractivity contribution in [1.29, 1.82) is 0 Å². The third-order valence-electron chi connectivity index (χ3n) is 3.75. The molecule has 2 aliphatic rings. The molecule has 0 bridgehead atoms. The highest BCUT2D eigenvalue weighted by Gasteiger charge is 2.40. The van der Waals surface area contributed by atoms with Crippen molar-refractivity contribution in [3.05, 3.63) is 0 Å². The summed E-state index contributed by atoms with van der Waals surface area (Å²) >= 11 is 0. The Kier molecular flexibility index (Phi) is 4.36. The maximum absolute atomic E-state index is 12.1. The average Bonchev–Trinajstić information content (AvgIpc) is 2.90. The number of carbonyl (C=O) groups excluding carboxylic acids is 1. The van der Waals surface area contributed by atoms with Crippen LogP contribution in [0.25, 0.3) is 0 Å². The van der Waals surface area contributed by atoms with Gasteiger partial charge in [-0.2, -0.15) is 0 Å². The Morgan fingerprint density at radius 3 is 2.65 bits per heavy atom. The van der Waals surface area contributed by atoms with Crippen molar-refractivity contribution >= 4 is 5.97 Å². The van der Waals surface area contributed by atoms with Crippen molar-refractivity contribution in [2.24, 2.45) is 17.1 Å². The summed E-state index contributed by atoms with van der Waals surface area (Å²) in [7, 11) is 0. The van der Waals surface area contributed by atoms with E-state index in [1.54, 1.807) is 0 Å². The molecule has 0 saturated carbocycles. The molecule has 1 unspecified atom stereocenters. The van der Waals surface area contributed by atoms with E-state index in [1.807, 2.05) is 0 Å². The van der Waals surface area contributed by atoms with Crippen LogP contribution in [0.15, 0.2) is 0 Å². The van der Waals surface area contributed by atoms with Gasteiger partial charge in [0, 0.05) is 32.3 Å². The van der Waals surface area contributed by atoms with Crippen LogP contribution in [0.1, 0.15) is 19.3 Å². The van der Waals surface area contributed by atoms with Crippen LogP contribution in [0.3, 0.4) is 0 Å². The molecule has 2 aliphatic heterocycles. The molecule has 0 aromatic carbocycles. The minimum absolute atomic E-state index is 0.157. The molecule has 0 aliphatic carbocycles. The highest BCUT2D eigenvalue weighted by atomic mass is 16.5. The highest BCUT2D eigenvalue weighted by Crippen LogP contribution is 2.31. The fourth-order valence-electron chi connectivity index (χ4n) is 2.32. The molecule has 2 heterocycles. The Balaban J connectivity index is 1.83. The van der Waals surface area contributed by atoms with Gasteiger partial charge in [-0.1, -0.05) is 0 Å². The fourth-order valence-corrected chi connectivity index (χ4v) is 2.32. The van der Waals surface area contributed by atoms with Crippen LogP contribution in [-0.4, -0.2) is 45.5 Å². The van der Waals surface area contributed by atoms with Gasteiger partial charge in [-0.25, -0.2) is 0 Å². The second kappa shape index (κ2) is 5.80. The van der Waals surface area contributed by atoms with Gasteiger partial charge in [-0.3, -0.25) is 4.79 Å². The zero-order chi connectivity index (χ0) is 12.1. The van der Waals surface area contributed by atoms with Crippen LogP contribution >= 0.6 is 0 Å². The summed E-state index contributed by atoms with van der Waals surface area (Å²) in [5.41, 5.74) is 5.23. The summed E-state index contributed by atoms with van der Waals surface area (Å²) in [6.07, 6.45) is 2.32. The van der Waals surface area contributed by atoms with Gasteiger partial charge in [0.1, 0.15) is 0 Å². The lowest BCUT2D eigenvalue weighted by Crippen LogP contribution is -2.44. The first kappa shape index (κ1) is 12.8. The third-order valence-corrected chi connectivity index (χ3v) is 3.75. The maximum Gasteiger partial charge on any atom is 0.313 e. The van der Waals surface area contributed by atoms with E-state index in [-0.39, 0.29) is 5.97 Å². The Labute approximate surface area is 102 Å². The second-order valence-corrected chi connectivity index (χ2v) is 4.92. The molecule has 2 fully saturated rings. The summed E-state index contributed by atoms with van der Waals surface area (Å²) in [6, 6.07) is 0. The fraction of sp³-hybridized carbons (Fsp3) is 0.917. The van der Waals surface area contributed by atoms with E-state index < -0.39 is 5.41 Å². The summed E-state index contributed by atoms with van der Waals surface area (Å²) in [5, 5.41) is 0. The Bertz CT molecular complexity index is 257. The monoisotopic (exact) mass is 243 g/mol. The normalized spacial score (nSPS) is 27.9. The van der Waals surface area contributed by atoms with Crippen LogP contribution in [0.2, 0.25) is 0 Å². The Hall–Kier alpha value is -0.650. The average molecular weight is 243 g/mol. The number of ether oxygens (including phenoxy) is 3. The van der Waals surface area contributed by atoms with Crippen LogP contribution in [-0.2, 0) is 19.0 Å². The number of hydrogen-bond acceptors (Lipinski definition) is 5. The van der Waals surface area contributed by atoms with Crippen LogP contribution < -0.4 is 5.73 Å². The van der Waals surface area contributed by atoms with E-state index in [9.17, 15) is 4.79 Å². The molecule has 98 valence electrons. The number of rotatable bonds is 4. The molecule has 1 atom stereocenters. The van der Waals surface area contributed by atoms with Gasteiger partial charge in [-0.05, 0) is 19.3 Å². The molecule has 5 heteroatoms. The molecular weight excluding hydrogens is 222 g/mol. The summed E-state index contributed by atoms with van der Waals surface area (Å²) in [5.74, 6) is 0.198. The van der Waals surface area contributed by atoms with Crippen molar-refractivity contribution in [2.45, 2.75) is 19.3 Å². The van der Waals surface area contributed by atoms with Crippen molar-refractivity contribution in [2.75, 3.05) is 39.6 Å². The van der Waals surface area contributed by atoms with Gasteiger partial charge in [0.05, 0.1) is 18.6 Å². The number of hydrogen-bond donors (Lipinski definition) is 1. The Morgan fingerprint density at radius 2 is 2.06 bits per heavy atom. The van der Waals surface area contributed by atoms with Crippen LogP contribution in [0, 0.1) is 11.3 Å². The van der Waals surface area contributed by atoms with Crippen molar-refractivity contribution in [3.8, 4) is 0 Å². The minimum Gasteiger partial charge on any atom is -0.465 e. The smallest absolute Gasteiger partial charge is 0.313 e. The molecule has 0 radical (unpaired) electrons. The molecule has 0 spiro atoms. The SMILES string of the molecule is NCC1(C(=O)OCC2CCOC2)CCOCC1. The van der Waals surface area contributed by atoms with Gasteiger partial charge in [0.15, 0.2) is 0 Å². The summed E-state index contributed by atoms with van der Waals surface area (Å²) in [6.45, 7) is 3.47. The van der Waals surface area contributed by atoms with Gasteiger partial charge >= 0.3 is 5.97 Å². The van der Waals surface area contributed by atoms with E-state index in [2.05, 4.69) is 0 Å². The largest absolute Gasteiger partial charge is 0.465 e. The molecule has 5 nitrogen and oxygen atoms in total. The van der Waals surface area contributed by atoms with Crippen molar-refractivity contribution in [1.82, 2.24) is 0 Å². The van der Waals surface area contributed by atoms with Crippen molar-refractivity contribution < 1.29 is 19.0 Å². The molecule has 2 rings (SSSR count). The lowest BCUT2D eigenvalue weighted by Gasteiger charge is -2.33. The topological polar surface area (TPSA) is 70.8 Å². The van der Waals surface area contributed by atoms with E-state index >= 15 is 0 Å². The zero-order valence-corrected chi connectivity index (χ0v) is 10.2. The van der Waals surface area contributed by atoms with E-state index in [0.717, 1.165) is 13.0 Å². The standard InChI is InChI=1S/C12H21NO4/c13-9-12(2-5-15-6-3-12)11(14)17-8-10-1-4-16-7-10/h10H,1-9,13H2. The van der Waals surface area contributed by atoms with E-state index in [0.29, 0.717) is 51.7 Å². The second-order valence-electron chi connectivity index (χ2n) is 4.92. The van der Waals surface area contributed by atoms with Gasteiger partial charge in [0.2, 0.25) is 0 Å². The first-order valence-corrected chi connectivity index (χ1v) is 6.30. The molecule has 0 amide bonds. The Morgan fingerprint density at radius 1 is 1.29 bits per heavy atom. The van der Waals surface area contributed by atoms with E-state index in [1.165, 1.54) is 0 Å². The predicted molar refractivity (Wildman–Crippen MR) is 61.4 cm³/mol. The van der Waals surface area contributed by atoms with Gasteiger partial charge in [-0.15, -0.1) is 0 Å². The molecule has 2 saturated heterocycles.